The second-order valence-corrected chi connectivity index (χ2v) is 11.1. The highest BCUT2D eigenvalue weighted by atomic mass is 32.1. The lowest BCUT2D eigenvalue weighted by atomic mass is 9.79. The summed E-state index contributed by atoms with van der Waals surface area (Å²) in [5, 5.41) is 20.2. The van der Waals surface area contributed by atoms with Crippen molar-refractivity contribution in [2.24, 2.45) is 0 Å². The van der Waals surface area contributed by atoms with Gasteiger partial charge >= 0.3 is 0 Å². The number of aryl methyl sites for hydroxylation is 2. The molecule has 0 aliphatic carbocycles. The van der Waals surface area contributed by atoms with E-state index in [2.05, 4.69) is 68.8 Å². The van der Waals surface area contributed by atoms with Crippen LogP contribution in [0.5, 0.6) is 5.75 Å². The zero-order valence-corrected chi connectivity index (χ0v) is 20.2. The fourth-order valence-corrected chi connectivity index (χ4v) is 5.95. The summed E-state index contributed by atoms with van der Waals surface area (Å²) in [7, 11) is 0. The summed E-state index contributed by atoms with van der Waals surface area (Å²) in [6, 6.07) is 12.4. The SMILES string of the molecule is Cc1ccc(O)c(-c2cc(-c3sccc3C)cc(NC3CC(C)(C)NC(C)(C)C3)n2)c1. The van der Waals surface area contributed by atoms with Crippen molar-refractivity contribution in [2.75, 3.05) is 5.32 Å². The van der Waals surface area contributed by atoms with Crippen LogP contribution in [0.4, 0.5) is 5.82 Å². The molecular weight excluding hydrogens is 402 g/mol. The maximum absolute atomic E-state index is 10.5. The van der Waals surface area contributed by atoms with Crippen molar-refractivity contribution in [2.45, 2.75) is 71.5 Å². The minimum Gasteiger partial charge on any atom is -0.507 e. The van der Waals surface area contributed by atoms with Gasteiger partial charge in [0, 0.05) is 27.6 Å². The lowest BCUT2D eigenvalue weighted by Crippen LogP contribution is -2.60. The molecule has 0 bridgehead atoms. The number of benzene rings is 1. The quantitative estimate of drug-likeness (QED) is 0.437. The van der Waals surface area contributed by atoms with E-state index in [1.807, 2.05) is 19.1 Å². The van der Waals surface area contributed by atoms with Gasteiger partial charge in [0.25, 0.3) is 0 Å². The Balaban J connectivity index is 1.77. The Morgan fingerprint density at radius 2 is 1.74 bits per heavy atom. The van der Waals surface area contributed by atoms with Crippen LogP contribution < -0.4 is 10.6 Å². The number of anilines is 1. The van der Waals surface area contributed by atoms with Crippen LogP contribution in [0.25, 0.3) is 21.7 Å². The van der Waals surface area contributed by atoms with Gasteiger partial charge in [0.1, 0.15) is 11.6 Å². The molecule has 3 N–H and O–H groups in total. The first kappa shape index (κ1) is 21.8. The minimum absolute atomic E-state index is 0.0546. The number of pyridine rings is 1. The lowest BCUT2D eigenvalue weighted by molar-refractivity contribution is 0.170. The van der Waals surface area contributed by atoms with Gasteiger partial charge in [0.15, 0.2) is 0 Å². The minimum atomic E-state index is 0.0546. The van der Waals surface area contributed by atoms with E-state index >= 15 is 0 Å². The van der Waals surface area contributed by atoms with Crippen LogP contribution in [0.3, 0.4) is 0 Å². The molecular formula is C26H33N3OS. The summed E-state index contributed by atoms with van der Waals surface area (Å²) < 4.78 is 0. The molecule has 0 amide bonds. The molecule has 0 saturated carbocycles. The van der Waals surface area contributed by atoms with Gasteiger partial charge in [-0.25, -0.2) is 4.98 Å². The molecule has 0 unspecified atom stereocenters. The number of phenolic OH excluding ortho intramolecular Hbond substituents is 1. The first-order valence-electron chi connectivity index (χ1n) is 10.9. The van der Waals surface area contributed by atoms with E-state index in [4.69, 9.17) is 4.98 Å². The zero-order chi connectivity index (χ0) is 22.4. The van der Waals surface area contributed by atoms with Crippen LogP contribution >= 0.6 is 11.3 Å². The fraction of sp³-hybridized carbons (Fsp3) is 0.423. The standard InChI is InChI=1S/C26H33N3OS/c1-16-7-8-22(30)20(11-16)21-12-18(24-17(2)9-10-31-24)13-23(28-21)27-19-14-25(3,4)29-26(5,6)15-19/h7-13,19,29-30H,14-15H2,1-6H3,(H,27,28). The number of nitrogens with one attached hydrogen (secondary N) is 2. The normalized spacial score (nSPS) is 18.1. The second-order valence-electron chi connectivity index (χ2n) is 10.2. The van der Waals surface area contributed by atoms with E-state index in [-0.39, 0.29) is 16.8 Å². The largest absolute Gasteiger partial charge is 0.507 e. The van der Waals surface area contributed by atoms with E-state index in [1.54, 1.807) is 17.4 Å². The number of rotatable bonds is 4. The first-order chi connectivity index (χ1) is 14.5. The van der Waals surface area contributed by atoms with Gasteiger partial charge in [-0.1, -0.05) is 11.6 Å². The average molecular weight is 436 g/mol. The second kappa shape index (κ2) is 7.95. The molecule has 0 spiro atoms. The number of piperidine rings is 1. The fourth-order valence-electron chi connectivity index (χ4n) is 5.03. The van der Waals surface area contributed by atoms with Gasteiger partial charge in [-0.2, -0.15) is 0 Å². The highest BCUT2D eigenvalue weighted by Gasteiger charge is 2.37. The highest BCUT2D eigenvalue weighted by molar-refractivity contribution is 7.13. The Bertz CT molecular complexity index is 1080. The van der Waals surface area contributed by atoms with Crippen LogP contribution in [0.15, 0.2) is 41.8 Å². The third-order valence-corrected chi connectivity index (χ3v) is 6.99. The van der Waals surface area contributed by atoms with Crippen LogP contribution in [0, 0.1) is 13.8 Å². The van der Waals surface area contributed by atoms with Crippen LogP contribution in [0.2, 0.25) is 0 Å². The number of aromatic nitrogens is 1. The first-order valence-corrected chi connectivity index (χ1v) is 11.8. The van der Waals surface area contributed by atoms with E-state index < -0.39 is 0 Å². The average Bonchev–Trinajstić information content (AvgIpc) is 3.07. The number of nitrogens with zero attached hydrogens (tertiary/aromatic N) is 1. The Kier molecular flexibility index (Phi) is 5.61. The van der Waals surface area contributed by atoms with Gasteiger partial charge in [0.05, 0.1) is 5.69 Å². The molecule has 31 heavy (non-hydrogen) atoms. The number of hydrogen-bond donors (Lipinski definition) is 3. The van der Waals surface area contributed by atoms with Crippen molar-refractivity contribution in [3.63, 3.8) is 0 Å². The van der Waals surface area contributed by atoms with Gasteiger partial charge in [0.2, 0.25) is 0 Å². The molecule has 4 nitrogen and oxygen atoms in total. The Morgan fingerprint density at radius 1 is 1.03 bits per heavy atom. The summed E-state index contributed by atoms with van der Waals surface area (Å²) >= 11 is 1.74. The smallest absolute Gasteiger partial charge is 0.127 e. The Hall–Kier alpha value is -2.37. The molecule has 5 heteroatoms. The van der Waals surface area contributed by atoms with Gasteiger partial charge in [-0.15, -0.1) is 11.3 Å². The molecule has 1 aliphatic rings. The number of thiophene rings is 1. The molecule has 1 fully saturated rings. The highest BCUT2D eigenvalue weighted by Crippen LogP contribution is 2.37. The van der Waals surface area contributed by atoms with E-state index in [0.717, 1.165) is 41.0 Å². The molecule has 3 heterocycles. The third-order valence-electron chi connectivity index (χ3n) is 5.92. The molecule has 0 radical (unpaired) electrons. The number of phenols is 1. The zero-order valence-electron chi connectivity index (χ0n) is 19.3. The predicted octanol–water partition coefficient (Wildman–Crippen LogP) is 6.52. The van der Waals surface area contributed by atoms with Crippen molar-refractivity contribution in [1.82, 2.24) is 10.3 Å². The van der Waals surface area contributed by atoms with Crippen molar-refractivity contribution in [3.05, 3.63) is 52.9 Å². The summed E-state index contributed by atoms with van der Waals surface area (Å²) in [6.45, 7) is 13.2. The Labute approximate surface area is 189 Å². The van der Waals surface area contributed by atoms with Crippen LogP contribution in [-0.2, 0) is 0 Å². The van der Waals surface area contributed by atoms with Gasteiger partial charge in [-0.05, 0) is 101 Å². The van der Waals surface area contributed by atoms with Crippen molar-refractivity contribution >= 4 is 17.2 Å². The monoisotopic (exact) mass is 435 g/mol. The molecule has 1 aromatic carbocycles. The van der Waals surface area contributed by atoms with E-state index in [0.29, 0.717) is 6.04 Å². The van der Waals surface area contributed by atoms with Crippen LogP contribution in [0.1, 0.15) is 51.7 Å². The number of aromatic hydroxyl groups is 1. The maximum atomic E-state index is 10.5. The number of hydrogen-bond acceptors (Lipinski definition) is 5. The van der Waals surface area contributed by atoms with Crippen molar-refractivity contribution in [1.29, 1.82) is 0 Å². The van der Waals surface area contributed by atoms with E-state index in [1.165, 1.54) is 10.4 Å². The van der Waals surface area contributed by atoms with Crippen LogP contribution in [-0.4, -0.2) is 27.2 Å². The van der Waals surface area contributed by atoms with Crippen molar-refractivity contribution in [3.8, 4) is 27.4 Å². The van der Waals surface area contributed by atoms with Crippen molar-refractivity contribution < 1.29 is 5.11 Å². The molecule has 164 valence electrons. The molecule has 4 rings (SSSR count). The molecule has 1 saturated heterocycles. The molecule has 1 aliphatic heterocycles. The summed E-state index contributed by atoms with van der Waals surface area (Å²) in [4.78, 5) is 6.19. The molecule has 2 aromatic heterocycles. The predicted molar refractivity (Wildman–Crippen MR) is 132 cm³/mol. The third kappa shape index (κ3) is 4.94. The Morgan fingerprint density at radius 3 is 2.39 bits per heavy atom. The van der Waals surface area contributed by atoms with Gasteiger partial charge < -0.3 is 15.7 Å². The van der Waals surface area contributed by atoms with E-state index in [9.17, 15) is 5.11 Å². The topological polar surface area (TPSA) is 57.2 Å². The lowest BCUT2D eigenvalue weighted by Gasteiger charge is -2.46. The summed E-state index contributed by atoms with van der Waals surface area (Å²) in [5.74, 6) is 1.12. The summed E-state index contributed by atoms with van der Waals surface area (Å²) in [5.41, 5.74) is 5.16. The molecule has 3 aromatic rings. The maximum Gasteiger partial charge on any atom is 0.127 e. The molecule has 0 atom stereocenters. The van der Waals surface area contributed by atoms with Gasteiger partial charge in [-0.3, -0.25) is 0 Å². The summed E-state index contributed by atoms with van der Waals surface area (Å²) in [6.07, 6.45) is 2.04.